The van der Waals surface area contributed by atoms with Gasteiger partial charge in [0.25, 0.3) is 5.91 Å². The minimum Gasteiger partial charge on any atom is -0.452 e. The number of rotatable bonds is 5. The van der Waals surface area contributed by atoms with Gasteiger partial charge >= 0.3 is 5.97 Å². The molecule has 5 nitrogen and oxygen atoms in total. The predicted molar refractivity (Wildman–Crippen MR) is 84.4 cm³/mol. The number of carbonyl (C=O) groups excluding carboxylic acids is 2. The SMILES string of the molecule is C[C@@H](OC(=O)C1CC1)C(=O)Nc1nc(-c2ccc(F)c(F)c2)cs1. The van der Waals surface area contributed by atoms with Gasteiger partial charge in [-0.05, 0) is 38.0 Å². The first-order chi connectivity index (χ1) is 11.4. The molecule has 0 saturated heterocycles. The lowest BCUT2D eigenvalue weighted by Crippen LogP contribution is -2.30. The summed E-state index contributed by atoms with van der Waals surface area (Å²) in [6.07, 6.45) is 0.683. The fourth-order valence-corrected chi connectivity index (χ4v) is 2.69. The Balaban J connectivity index is 1.63. The Morgan fingerprint density at radius 2 is 2.08 bits per heavy atom. The smallest absolute Gasteiger partial charge is 0.309 e. The molecule has 1 N–H and O–H groups in total. The van der Waals surface area contributed by atoms with Crippen molar-refractivity contribution in [2.24, 2.45) is 5.92 Å². The van der Waals surface area contributed by atoms with E-state index in [1.165, 1.54) is 13.0 Å². The second-order valence-corrected chi connectivity index (χ2v) is 6.37. The van der Waals surface area contributed by atoms with Crippen molar-refractivity contribution < 1.29 is 23.1 Å². The first-order valence-electron chi connectivity index (χ1n) is 7.36. The molecule has 1 amide bonds. The number of thiazole rings is 1. The average molecular weight is 352 g/mol. The monoisotopic (exact) mass is 352 g/mol. The number of aromatic nitrogens is 1. The van der Waals surface area contributed by atoms with E-state index in [2.05, 4.69) is 10.3 Å². The minimum absolute atomic E-state index is 0.0833. The lowest BCUT2D eigenvalue weighted by atomic mass is 10.2. The van der Waals surface area contributed by atoms with Crippen LogP contribution in [0.25, 0.3) is 11.3 Å². The molecule has 1 aliphatic carbocycles. The van der Waals surface area contributed by atoms with Gasteiger partial charge in [-0.25, -0.2) is 13.8 Å². The van der Waals surface area contributed by atoms with Gasteiger partial charge in [-0.3, -0.25) is 14.9 Å². The highest BCUT2D eigenvalue weighted by molar-refractivity contribution is 7.14. The second-order valence-electron chi connectivity index (χ2n) is 5.51. The molecule has 1 aliphatic rings. The summed E-state index contributed by atoms with van der Waals surface area (Å²) in [7, 11) is 0. The number of amides is 1. The number of hydrogen-bond donors (Lipinski definition) is 1. The van der Waals surface area contributed by atoms with E-state index in [1.807, 2.05) is 0 Å². The molecule has 0 unspecified atom stereocenters. The second kappa shape index (κ2) is 6.64. The topological polar surface area (TPSA) is 68.3 Å². The van der Waals surface area contributed by atoms with Gasteiger partial charge in [-0.2, -0.15) is 0 Å². The molecule has 1 aromatic carbocycles. The Kier molecular flexibility index (Phi) is 4.57. The zero-order valence-corrected chi connectivity index (χ0v) is 13.5. The molecule has 0 aliphatic heterocycles. The molecular formula is C16H14F2N2O3S. The Hall–Kier alpha value is -2.35. The molecule has 0 spiro atoms. The first-order valence-corrected chi connectivity index (χ1v) is 8.24. The van der Waals surface area contributed by atoms with Crippen LogP contribution in [0.2, 0.25) is 0 Å². The van der Waals surface area contributed by atoms with Gasteiger partial charge in [0.05, 0.1) is 11.6 Å². The molecule has 24 heavy (non-hydrogen) atoms. The molecule has 1 atom stereocenters. The van der Waals surface area contributed by atoms with Crippen LogP contribution in [0.4, 0.5) is 13.9 Å². The normalized spacial score (nSPS) is 15.0. The third-order valence-corrected chi connectivity index (χ3v) is 4.28. The molecule has 3 rings (SSSR count). The van der Waals surface area contributed by atoms with E-state index in [0.717, 1.165) is 36.3 Å². The Morgan fingerprint density at radius 1 is 1.33 bits per heavy atom. The molecule has 1 aromatic heterocycles. The van der Waals surface area contributed by atoms with E-state index in [0.29, 0.717) is 11.3 Å². The number of esters is 1. The zero-order valence-electron chi connectivity index (χ0n) is 12.7. The van der Waals surface area contributed by atoms with Crippen LogP contribution in [-0.4, -0.2) is 23.0 Å². The number of nitrogens with one attached hydrogen (secondary N) is 1. The molecule has 0 bridgehead atoms. The summed E-state index contributed by atoms with van der Waals surface area (Å²) < 4.78 is 31.3. The lowest BCUT2D eigenvalue weighted by Gasteiger charge is -2.11. The van der Waals surface area contributed by atoms with Crippen molar-refractivity contribution in [1.82, 2.24) is 4.98 Å². The van der Waals surface area contributed by atoms with Crippen molar-refractivity contribution in [2.75, 3.05) is 5.32 Å². The summed E-state index contributed by atoms with van der Waals surface area (Å²) in [4.78, 5) is 27.7. The largest absolute Gasteiger partial charge is 0.452 e. The fraction of sp³-hybridized carbons (Fsp3) is 0.312. The Bertz CT molecular complexity index is 789. The molecule has 1 heterocycles. The number of benzene rings is 1. The summed E-state index contributed by atoms with van der Waals surface area (Å²) in [6.45, 7) is 1.49. The number of nitrogens with zero attached hydrogens (tertiary/aromatic N) is 1. The van der Waals surface area contributed by atoms with E-state index in [9.17, 15) is 18.4 Å². The maximum Gasteiger partial charge on any atom is 0.309 e. The summed E-state index contributed by atoms with van der Waals surface area (Å²) in [5.74, 6) is -2.84. The van der Waals surface area contributed by atoms with Crippen molar-refractivity contribution in [3.05, 3.63) is 35.2 Å². The Morgan fingerprint density at radius 3 is 2.75 bits per heavy atom. The lowest BCUT2D eigenvalue weighted by molar-refractivity contribution is -0.154. The molecule has 0 radical (unpaired) electrons. The first kappa shape index (κ1) is 16.5. The average Bonchev–Trinajstić information content (AvgIpc) is 3.30. The minimum atomic E-state index is -0.966. The Labute approximate surface area is 140 Å². The molecule has 1 saturated carbocycles. The summed E-state index contributed by atoms with van der Waals surface area (Å²) in [5.41, 5.74) is 0.815. The third-order valence-electron chi connectivity index (χ3n) is 3.52. The summed E-state index contributed by atoms with van der Waals surface area (Å²) in [6, 6.07) is 3.46. The highest BCUT2D eigenvalue weighted by atomic mass is 32.1. The van der Waals surface area contributed by atoms with E-state index < -0.39 is 23.6 Å². The van der Waals surface area contributed by atoms with Crippen LogP contribution in [-0.2, 0) is 14.3 Å². The van der Waals surface area contributed by atoms with Crippen LogP contribution in [0.3, 0.4) is 0 Å². The van der Waals surface area contributed by atoms with E-state index in [4.69, 9.17) is 4.74 Å². The number of hydrogen-bond acceptors (Lipinski definition) is 5. The van der Waals surface area contributed by atoms with Crippen LogP contribution < -0.4 is 5.32 Å². The van der Waals surface area contributed by atoms with Crippen molar-refractivity contribution in [2.45, 2.75) is 25.9 Å². The molecular weight excluding hydrogens is 338 g/mol. The van der Waals surface area contributed by atoms with Crippen LogP contribution in [0.1, 0.15) is 19.8 Å². The number of carbonyl (C=O) groups is 2. The van der Waals surface area contributed by atoms with Crippen LogP contribution in [0.5, 0.6) is 0 Å². The molecule has 2 aromatic rings. The standard InChI is InChI=1S/C16H14F2N2O3S/c1-8(23-15(22)9-2-3-9)14(21)20-16-19-13(7-24-16)10-4-5-11(17)12(18)6-10/h4-9H,2-3H2,1H3,(H,19,20,21)/t8-/m1/s1. The van der Waals surface area contributed by atoms with Gasteiger partial charge < -0.3 is 4.74 Å². The van der Waals surface area contributed by atoms with Gasteiger partial charge in [0, 0.05) is 10.9 Å². The molecule has 8 heteroatoms. The quantitative estimate of drug-likeness (QED) is 0.838. The van der Waals surface area contributed by atoms with Crippen molar-refractivity contribution >= 4 is 28.3 Å². The number of anilines is 1. The third kappa shape index (κ3) is 3.76. The van der Waals surface area contributed by atoms with E-state index in [1.54, 1.807) is 5.38 Å². The van der Waals surface area contributed by atoms with Crippen molar-refractivity contribution in [3.63, 3.8) is 0 Å². The highest BCUT2D eigenvalue weighted by Crippen LogP contribution is 2.30. The molecule has 1 fully saturated rings. The van der Waals surface area contributed by atoms with Gasteiger partial charge in [-0.1, -0.05) is 0 Å². The maximum atomic E-state index is 13.3. The van der Waals surface area contributed by atoms with Gasteiger partial charge in [0.2, 0.25) is 0 Å². The van der Waals surface area contributed by atoms with Crippen LogP contribution in [0.15, 0.2) is 23.6 Å². The van der Waals surface area contributed by atoms with Crippen molar-refractivity contribution in [1.29, 1.82) is 0 Å². The highest BCUT2D eigenvalue weighted by Gasteiger charge is 2.33. The summed E-state index contributed by atoms with van der Waals surface area (Å²) in [5, 5.41) is 4.45. The fourth-order valence-electron chi connectivity index (χ4n) is 1.97. The van der Waals surface area contributed by atoms with E-state index >= 15 is 0 Å². The van der Waals surface area contributed by atoms with Gasteiger partial charge in [0.1, 0.15) is 0 Å². The van der Waals surface area contributed by atoms with Gasteiger partial charge in [0.15, 0.2) is 22.9 Å². The van der Waals surface area contributed by atoms with E-state index in [-0.39, 0.29) is 17.0 Å². The molecule has 126 valence electrons. The van der Waals surface area contributed by atoms with Gasteiger partial charge in [-0.15, -0.1) is 11.3 Å². The number of halogens is 2. The zero-order chi connectivity index (χ0) is 17.3. The maximum absolute atomic E-state index is 13.3. The van der Waals surface area contributed by atoms with Crippen LogP contribution >= 0.6 is 11.3 Å². The van der Waals surface area contributed by atoms with Crippen LogP contribution in [0, 0.1) is 17.6 Å². The van der Waals surface area contributed by atoms with Crippen molar-refractivity contribution in [3.8, 4) is 11.3 Å². The number of ether oxygens (including phenoxy) is 1. The predicted octanol–water partition coefficient (Wildman–Crippen LogP) is 3.37. The summed E-state index contributed by atoms with van der Waals surface area (Å²) >= 11 is 1.14.